The van der Waals surface area contributed by atoms with E-state index >= 15 is 0 Å². The van der Waals surface area contributed by atoms with E-state index in [0.29, 0.717) is 11.3 Å². The summed E-state index contributed by atoms with van der Waals surface area (Å²) < 4.78 is 5.15. The number of anilines is 1. The third kappa shape index (κ3) is 4.25. The van der Waals surface area contributed by atoms with Crippen molar-refractivity contribution in [3.63, 3.8) is 0 Å². The van der Waals surface area contributed by atoms with Gasteiger partial charge < -0.3 is 15.6 Å². The highest BCUT2D eigenvalue weighted by molar-refractivity contribution is 5.86. The molecule has 5 nitrogen and oxygen atoms in total. The summed E-state index contributed by atoms with van der Waals surface area (Å²) >= 11 is 0. The maximum absolute atomic E-state index is 11.7. The van der Waals surface area contributed by atoms with Crippen molar-refractivity contribution >= 4 is 11.8 Å². The van der Waals surface area contributed by atoms with Gasteiger partial charge in [0.15, 0.2) is 0 Å². The fraction of sp³-hybridized carbons (Fsp3) is 0.462. The summed E-state index contributed by atoms with van der Waals surface area (Å²) in [6.45, 7) is 7.14. The molecule has 1 rings (SSSR count). The highest BCUT2D eigenvalue weighted by Gasteiger charge is 2.18. The zero-order valence-electron chi connectivity index (χ0n) is 11.2. The Labute approximate surface area is 107 Å². The number of aromatic hydroxyl groups is 1. The molecule has 0 aliphatic rings. The Bertz CT molecular complexity index is 436. The SMILES string of the molecule is CC(N)c1cc(O)ccc1NC(=O)OC(C)(C)C. The molecule has 1 amide bonds. The number of rotatable bonds is 2. The van der Waals surface area contributed by atoms with Gasteiger partial charge in [0, 0.05) is 11.7 Å². The molecule has 4 N–H and O–H groups in total. The molecule has 1 aromatic rings. The van der Waals surface area contributed by atoms with Crippen LogP contribution < -0.4 is 11.1 Å². The van der Waals surface area contributed by atoms with Crippen molar-refractivity contribution in [3.05, 3.63) is 23.8 Å². The van der Waals surface area contributed by atoms with Gasteiger partial charge in [-0.05, 0) is 51.5 Å². The fourth-order valence-electron chi connectivity index (χ4n) is 1.45. The van der Waals surface area contributed by atoms with Gasteiger partial charge in [-0.15, -0.1) is 0 Å². The number of nitrogens with two attached hydrogens (primary N) is 1. The highest BCUT2D eigenvalue weighted by Crippen LogP contribution is 2.26. The zero-order chi connectivity index (χ0) is 13.9. The molecule has 0 aliphatic heterocycles. The summed E-state index contributed by atoms with van der Waals surface area (Å²) in [5.41, 5.74) is 6.42. The monoisotopic (exact) mass is 252 g/mol. The molecular weight excluding hydrogens is 232 g/mol. The number of amides is 1. The Balaban J connectivity index is 2.88. The molecular formula is C13H20N2O3. The Morgan fingerprint density at radius 1 is 1.44 bits per heavy atom. The Hall–Kier alpha value is -1.75. The molecule has 0 saturated heterocycles. The molecule has 100 valence electrons. The second-order valence-electron chi connectivity index (χ2n) is 5.19. The molecule has 1 unspecified atom stereocenters. The van der Waals surface area contributed by atoms with Gasteiger partial charge in [-0.3, -0.25) is 5.32 Å². The van der Waals surface area contributed by atoms with Crippen molar-refractivity contribution in [3.8, 4) is 5.75 Å². The van der Waals surface area contributed by atoms with Crippen LogP contribution in [0.4, 0.5) is 10.5 Å². The van der Waals surface area contributed by atoms with Crippen LogP contribution in [0.25, 0.3) is 0 Å². The average molecular weight is 252 g/mol. The predicted octanol–water partition coefficient (Wildman–Crippen LogP) is 2.76. The van der Waals surface area contributed by atoms with Crippen molar-refractivity contribution in [1.29, 1.82) is 0 Å². The van der Waals surface area contributed by atoms with E-state index < -0.39 is 11.7 Å². The minimum atomic E-state index is -0.560. The van der Waals surface area contributed by atoms with Gasteiger partial charge in [0.05, 0.1) is 0 Å². The average Bonchev–Trinajstić information content (AvgIpc) is 2.17. The number of carbonyl (C=O) groups is 1. The van der Waals surface area contributed by atoms with E-state index in [1.807, 2.05) is 0 Å². The van der Waals surface area contributed by atoms with Crippen LogP contribution in [0.2, 0.25) is 0 Å². The first kappa shape index (κ1) is 14.3. The van der Waals surface area contributed by atoms with E-state index in [-0.39, 0.29) is 11.8 Å². The van der Waals surface area contributed by atoms with Gasteiger partial charge in [0.25, 0.3) is 0 Å². The number of nitrogens with one attached hydrogen (secondary N) is 1. The lowest BCUT2D eigenvalue weighted by atomic mass is 10.1. The van der Waals surface area contributed by atoms with E-state index in [2.05, 4.69) is 5.32 Å². The number of hydrogen-bond donors (Lipinski definition) is 3. The van der Waals surface area contributed by atoms with Crippen LogP contribution in [0.5, 0.6) is 5.75 Å². The summed E-state index contributed by atoms with van der Waals surface area (Å²) in [5, 5.41) is 12.0. The van der Waals surface area contributed by atoms with Crippen LogP contribution >= 0.6 is 0 Å². The summed E-state index contributed by atoms with van der Waals surface area (Å²) in [6, 6.07) is 4.30. The molecule has 0 aromatic heterocycles. The molecule has 0 saturated carbocycles. The van der Waals surface area contributed by atoms with Crippen LogP contribution in [0.1, 0.15) is 39.3 Å². The van der Waals surface area contributed by atoms with E-state index in [0.717, 1.165) is 0 Å². The predicted molar refractivity (Wildman–Crippen MR) is 70.6 cm³/mol. The fourth-order valence-corrected chi connectivity index (χ4v) is 1.45. The lowest BCUT2D eigenvalue weighted by Crippen LogP contribution is -2.27. The first-order valence-electron chi connectivity index (χ1n) is 5.77. The number of phenols is 1. The molecule has 0 spiro atoms. The normalized spacial score (nSPS) is 12.9. The third-order valence-corrected chi connectivity index (χ3v) is 2.16. The summed E-state index contributed by atoms with van der Waals surface area (Å²) in [7, 11) is 0. The van der Waals surface area contributed by atoms with Crippen LogP contribution in [-0.4, -0.2) is 16.8 Å². The molecule has 1 aromatic carbocycles. The van der Waals surface area contributed by atoms with Crippen molar-refractivity contribution in [2.24, 2.45) is 5.73 Å². The highest BCUT2D eigenvalue weighted by atomic mass is 16.6. The number of benzene rings is 1. The minimum absolute atomic E-state index is 0.108. The van der Waals surface area contributed by atoms with Crippen LogP contribution in [0.3, 0.4) is 0 Å². The molecule has 5 heteroatoms. The van der Waals surface area contributed by atoms with Gasteiger partial charge in [0.2, 0.25) is 0 Å². The standard InChI is InChI=1S/C13H20N2O3/c1-8(14)10-7-9(16)5-6-11(10)15-12(17)18-13(2,3)4/h5-8,16H,14H2,1-4H3,(H,15,17). The number of ether oxygens (including phenoxy) is 1. The number of hydrogen-bond acceptors (Lipinski definition) is 4. The van der Waals surface area contributed by atoms with E-state index in [1.54, 1.807) is 33.8 Å². The first-order valence-corrected chi connectivity index (χ1v) is 5.77. The maximum Gasteiger partial charge on any atom is 0.412 e. The Morgan fingerprint density at radius 2 is 2.06 bits per heavy atom. The topological polar surface area (TPSA) is 84.6 Å². The van der Waals surface area contributed by atoms with Gasteiger partial charge in [-0.2, -0.15) is 0 Å². The van der Waals surface area contributed by atoms with E-state index in [9.17, 15) is 9.90 Å². The molecule has 0 bridgehead atoms. The lowest BCUT2D eigenvalue weighted by molar-refractivity contribution is 0.0635. The molecule has 18 heavy (non-hydrogen) atoms. The Kier molecular flexibility index (Phi) is 4.19. The van der Waals surface area contributed by atoms with Crippen LogP contribution in [0, 0.1) is 0 Å². The van der Waals surface area contributed by atoms with E-state index in [1.165, 1.54) is 12.1 Å². The Morgan fingerprint density at radius 3 is 2.56 bits per heavy atom. The van der Waals surface area contributed by atoms with Crippen LogP contribution in [0.15, 0.2) is 18.2 Å². The van der Waals surface area contributed by atoms with Crippen molar-refractivity contribution < 1.29 is 14.6 Å². The van der Waals surface area contributed by atoms with Gasteiger partial charge in [-0.1, -0.05) is 0 Å². The molecule has 0 fully saturated rings. The third-order valence-electron chi connectivity index (χ3n) is 2.16. The number of carbonyl (C=O) groups excluding carboxylic acids is 1. The lowest BCUT2D eigenvalue weighted by Gasteiger charge is -2.21. The van der Waals surface area contributed by atoms with Gasteiger partial charge in [0.1, 0.15) is 11.4 Å². The van der Waals surface area contributed by atoms with Crippen molar-refractivity contribution in [2.75, 3.05) is 5.32 Å². The zero-order valence-corrected chi connectivity index (χ0v) is 11.2. The molecule has 0 radical (unpaired) electrons. The second-order valence-corrected chi connectivity index (χ2v) is 5.19. The number of phenolic OH excluding ortho intramolecular Hbond substituents is 1. The summed E-state index contributed by atoms with van der Waals surface area (Å²) in [6.07, 6.45) is -0.546. The van der Waals surface area contributed by atoms with Crippen LogP contribution in [-0.2, 0) is 4.74 Å². The largest absolute Gasteiger partial charge is 0.508 e. The summed E-state index contributed by atoms with van der Waals surface area (Å²) in [5.74, 6) is 0.108. The van der Waals surface area contributed by atoms with Gasteiger partial charge >= 0.3 is 6.09 Å². The van der Waals surface area contributed by atoms with Crippen molar-refractivity contribution in [1.82, 2.24) is 0 Å². The molecule has 1 atom stereocenters. The molecule has 0 aliphatic carbocycles. The van der Waals surface area contributed by atoms with E-state index in [4.69, 9.17) is 10.5 Å². The van der Waals surface area contributed by atoms with Crippen molar-refractivity contribution in [2.45, 2.75) is 39.3 Å². The first-order chi connectivity index (χ1) is 8.19. The van der Waals surface area contributed by atoms with Gasteiger partial charge in [-0.25, -0.2) is 4.79 Å². The smallest absolute Gasteiger partial charge is 0.412 e. The maximum atomic E-state index is 11.7. The quantitative estimate of drug-likeness (QED) is 0.706. The molecule has 0 heterocycles. The summed E-state index contributed by atoms with van der Waals surface area (Å²) in [4.78, 5) is 11.7. The minimum Gasteiger partial charge on any atom is -0.508 e. The second kappa shape index (κ2) is 5.27.